The molecule has 0 saturated carbocycles. The fourth-order valence-corrected chi connectivity index (χ4v) is 8.02. The van der Waals surface area contributed by atoms with Crippen LogP contribution >= 0.6 is 0 Å². The van der Waals surface area contributed by atoms with E-state index in [0.29, 0.717) is 5.56 Å². The second-order valence-corrected chi connectivity index (χ2v) is 15.0. The van der Waals surface area contributed by atoms with Gasteiger partial charge < -0.3 is 14.2 Å². The number of allylic oxidation sites excluding steroid dienone is 7. The molecule has 1 atom stereocenters. The van der Waals surface area contributed by atoms with Crippen molar-refractivity contribution in [2.75, 3.05) is 26.0 Å². The number of nitrogens with zero attached hydrogens (tertiary/aromatic N) is 3. The Morgan fingerprint density at radius 1 is 0.939 bits per heavy atom. The van der Waals surface area contributed by atoms with Gasteiger partial charge in [0.05, 0.1) is 11.1 Å². The van der Waals surface area contributed by atoms with Crippen molar-refractivity contribution in [3.05, 3.63) is 136 Å². The van der Waals surface area contributed by atoms with Crippen LogP contribution in [0.2, 0.25) is 0 Å². The van der Waals surface area contributed by atoms with E-state index >= 15 is 0 Å². The second-order valence-electron chi connectivity index (χ2n) is 14.1. The number of para-hydroxylation sites is 2. The summed E-state index contributed by atoms with van der Waals surface area (Å²) < 4.78 is 30.6. The number of fused-ring (bicyclic) bond motifs is 2. The molecule has 8 heteroatoms. The number of hydrogen-bond acceptors (Lipinski definition) is 5. The molecule has 1 unspecified atom stereocenters. The van der Waals surface area contributed by atoms with Crippen molar-refractivity contribution in [1.82, 2.24) is 4.90 Å². The summed E-state index contributed by atoms with van der Waals surface area (Å²) in [6.07, 6.45) is 10.9. The van der Waals surface area contributed by atoms with Crippen LogP contribution in [0.15, 0.2) is 125 Å². The molecule has 6 rings (SSSR count). The molecule has 1 aliphatic carbocycles. The molecular weight excluding hydrogens is 631 g/mol. The highest BCUT2D eigenvalue weighted by Gasteiger charge is 2.43. The molecule has 0 saturated heterocycles. The van der Waals surface area contributed by atoms with Crippen LogP contribution in [0.3, 0.4) is 0 Å². The monoisotopic (exact) mass is 675 g/mol. The highest BCUT2D eigenvalue weighted by molar-refractivity contribution is 7.79. The number of likely N-dealkylation sites (N-methyl/N-ethyl adjacent to an activating group) is 2. The lowest BCUT2D eigenvalue weighted by Crippen LogP contribution is -2.30. The summed E-state index contributed by atoms with van der Waals surface area (Å²) in [6, 6.07) is 23.4. The van der Waals surface area contributed by atoms with E-state index < -0.39 is 17.2 Å². The predicted molar refractivity (Wildman–Crippen MR) is 196 cm³/mol. The number of carbonyl (C=O) groups excluding carboxylic acids is 1. The van der Waals surface area contributed by atoms with Crippen molar-refractivity contribution in [2.45, 2.75) is 69.3 Å². The van der Waals surface area contributed by atoms with E-state index in [0.717, 1.165) is 36.1 Å². The van der Waals surface area contributed by atoms with Crippen molar-refractivity contribution in [1.29, 1.82) is 0 Å². The molecule has 2 aliphatic heterocycles. The molecule has 0 N–H and O–H groups in total. The third kappa shape index (κ3) is 6.35. The van der Waals surface area contributed by atoms with Gasteiger partial charge in [0.2, 0.25) is 5.69 Å². The van der Waals surface area contributed by atoms with Gasteiger partial charge in [-0.25, -0.2) is 4.79 Å². The van der Waals surface area contributed by atoms with Crippen LogP contribution in [-0.4, -0.2) is 51.2 Å². The quantitative estimate of drug-likeness (QED) is 0.186. The summed E-state index contributed by atoms with van der Waals surface area (Å²) in [6.45, 7) is 9.05. The normalized spacial score (nSPS) is 20.3. The van der Waals surface area contributed by atoms with Crippen molar-refractivity contribution >= 4 is 34.3 Å². The zero-order chi connectivity index (χ0) is 35.1. The zero-order valence-corrected chi connectivity index (χ0v) is 30.3. The smallest absolute Gasteiger partial charge is 0.414 e. The summed E-state index contributed by atoms with van der Waals surface area (Å²) in [7, 11) is 6.00. The van der Waals surface area contributed by atoms with Crippen molar-refractivity contribution in [2.24, 2.45) is 0 Å². The molecule has 49 heavy (non-hydrogen) atoms. The van der Waals surface area contributed by atoms with Gasteiger partial charge in [0.15, 0.2) is 5.71 Å². The summed E-state index contributed by atoms with van der Waals surface area (Å²) in [5.41, 5.74) is 10.8. The standard InChI is InChI=1S/C41H45N3O4S/c1-40(2)32-15-8-10-17-34(32)42(5)36(40)25-21-29-13-12-14-30(22-26-37-41(3,4)33-16-9-11-18-35(33)43(37)6)38(29)44(7)39(45)48-27-28-19-23-31(24-20-28)49(46)47/h8-11,15-26H,12-14,27H2,1-7H3. The van der Waals surface area contributed by atoms with E-state index in [1.807, 2.05) is 0 Å². The Kier molecular flexibility index (Phi) is 9.40. The number of rotatable bonds is 7. The first-order valence-electron chi connectivity index (χ1n) is 16.8. The van der Waals surface area contributed by atoms with Gasteiger partial charge in [0, 0.05) is 53.5 Å². The maximum Gasteiger partial charge on any atom is 0.414 e. The summed E-state index contributed by atoms with van der Waals surface area (Å²) >= 11 is -2.31. The molecule has 7 nitrogen and oxygen atoms in total. The lowest BCUT2D eigenvalue weighted by molar-refractivity contribution is -0.401. The van der Waals surface area contributed by atoms with Gasteiger partial charge in [0.1, 0.15) is 13.7 Å². The van der Waals surface area contributed by atoms with Crippen molar-refractivity contribution in [3.63, 3.8) is 0 Å². The minimum absolute atomic E-state index is 0.0307. The van der Waals surface area contributed by atoms with E-state index in [9.17, 15) is 13.6 Å². The Morgan fingerprint density at radius 2 is 1.61 bits per heavy atom. The third-order valence-electron chi connectivity index (χ3n) is 10.4. The van der Waals surface area contributed by atoms with Gasteiger partial charge >= 0.3 is 6.09 Å². The van der Waals surface area contributed by atoms with Crippen LogP contribution in [0.4, 0.5) is 16.2 Å². The Bertz CT molecular complexity index is 1980. The molecular formula is C41H45N3O4S. The molecule has 3 aromatic rings. The molecule has 0 aromatic heterocycles. The molecule has 0 spiro atoms. The number of ether oxygens (including phenoxy) is 1. The van der Waals surface area contributed by atoms with Gasteiger partial charge in [-0.05, 0) is 90.7 Å². The first-order valence-corrected chi connectivity index (χ1v) is 17.9. The van der Waals surface area contributed by atoms with Crippen LogP contribution in [-0.2, 0) is 33.3 Å². The van der Waals surface area contributed by atoms with Gasteiger partial charge in [-0.3, -0.25) is 9.11 Å². The SMILES string of the molecule is CN(C(=O)OCc1ccc(S(=O)[O-])cc1)C1=C(/C=C/C2=[N+](C)c3ccccc3C2(C)C)CCC/C1=C\C=C1\N(C)c2ccccc2C1(C)C. The number of carbonyl (C=O) groups is 1. The zero-order valence-electron chi connectivity index (χ0n) is 29.4. The lowest BCUT2D eigenvalue weighted by Gasteiger charge is -2.29. The fourth-order valence-electron chi connectivity index (χ4n) is 7.66. The maximum absolute atomic E-state index is 13.7. The third-order valence-corrected chi connectivity index (χ3v) is 11.0. The van der Waals surface area contributed by atoms with E-state index in [1.165, 1.54) is 46.0 Å². The molecule has 254 valence electrons. The van der Waals surface area contributed by atoms with Crippen LogP contribution in [0.5, 0.6) is 0 Å². The number of benzene rings is 3. The minimum Gasteiger partial charge on any atom is -0.768 e. The largest absolute Gasteiger partial charge is 0.768 e. The van der Waals surface area contributed by atoms with Gasteiger partial charge in [-0.15, -0.1) is 0 Å². The Morgan fingerprint density at radius 3 is 2.29 bits per heavy atom. The molecule has 1 amide bonds. The second kappa shape index (κ2) is 13.4. The fraction of sp³-hybridized carbons (Fsp3) is 0.317. The summed E-state index contributed by atoms with van der Waals surface area (Å²) in [5, 5.41) is 0. The van der Waals surface area contributed by atoms with Crippen LogP contribution in [0, 0.1) is 0 Å². The number of amides is 1. The van der Waals surface area contributed by atoms with Crippen LogP contribution in [0.1, 0.15) is 63.6 Å². The van der Waals surface area contributed by atoms with Gasteiger partial charge in [0.25, 0.3) is 0 Å². The van der Waals surface area contributed by atoms with Crippen molar-refractivity contribution < 1.29 is 22.9 Å². The summed E-state index contributed by atoms with van der Waals surface area (Å²) in [4.78, 5) is 17.8. The maximum atomic E-state index is 13.7. The number of hydrogen-bond donors (Lipinski definition) is 0. The van der Waals surface area contributed by atoms with Crippen LogP contribution < -0.4 is 4.90 Å². The average Bonchev–Trinajstić information content (AvgIpc) is 3.41. The molecule has 0 radical (unpaired) electrons. The van der Waals surface area contributed by atoms with E-state index in [4.69, 9.17) is 4.74 Å². The number of anilines is 1. The molecule has 0 fully saturated rings. The minimum atomic E-state index is -2.31. The Hall–Kier alpha value is -4.53. The topological polar surface area (TPSA) is 75.9 Å². The Labute approximate surface area is 292 Å². The van der Waals surface area contributed by atoms with Gasteiger partial charge in [-0.1, -0.05) is 74.5 Å². The van der Waals surface area contributed by atoms with Crippen molar-refractivity contribution in [3.8, 4) is 0 Å². The molecule has 3 aromatic carbocycles. The highest BCUT2D eigenvalue weighted by Crippen LogP contribution is 2.47. The first-order chi connectivity index (χ1) is 23.3. The lowest BCUT2D eigenvalue weighted by atomic mass is 9.81. The highest BCUT2D eigenvalue weighted by atomic mass is 32.2. The average molecular weight is 676 g/mol. The Balaban J connectivity index is 1.37. The molecule has 3 aliphatic rings. The van der Waals surface area contributed by atoms with Crippen LogP contribution in [0.25, 0.3) is 0 Å². The van der Waals surface area contributed by atoms with Gasteiger partial charge in [-0.2, -0.15) is 4.58 Å². The molecule has 0 bridgehead atoms. The van der Waals surface area contributed by atoms with E-state index in [2.05, 4.69) is 124 Å². The predicted octanol–water partition coefficient (Wildman–Crippen LogP) is 8.43. The van der Waals surface area contributed by atoms with E-state index in [1.54, 1.807) is 24.1 Å². The van der Waals surface area contributed by atoms with E-state index in [-0.39, 0.29) is 22.3 Å². The molecule has 2 heterocycles. The summed E-state index contributed by atoms with van der Waals surface area (Å²) in [5.74, 6) is 0. The first kappa shape index (κ1) is 34.3.